The Morgan fingerprint density at radius 2 is 2.45 bits per heavy atom. The molecule has 0 bridgehead atoms. The van der Waals surface area contributed by atoms with Gasteiger partial charge in [-0.05, 0) is 18.6 Å². The van der Waals surface area contributed by atoms with Crippen molar-refractivity contribution in [2.75, 3.05) is 5.33 Å². The Hall–Kier alpha value is -0.410. The Bertz CT molecular complexity index is 239. The third-order valence-electron chi connectivity index (χ3n) is 1.51. The van der Waals surface area contributed by atoms with Gasteiger partial charge < -0.3 is 5.11 Å². The number of aryl methyl sites for hydroxylation is 1. The third kappa shape index (κ3) is 2.01. The fourth-order valence-electron chi connectivity index (χ4n) is 0.920. The molecule has 2 nitrogen and oxygen atoms in total. The van der Waals surface area contributed by atoms with Gasteiger partial charge in [-0.15, -0.1) is 0 Å². The molecule has 1 aromatic rings. The first-order valence-electron chi connectivity index (χ1n) is 3.41. The van der Waals surface area contributed by atoms with Crippen molar-refractivity contribution in [3.63, 3.8) is 0 Å². The quantitative estimate of drug-likeness (QED) is 0.765. The van der Waals surface area contributed by atoms with Crippen LogP contribution >= 0.6 is 15.9 Å². The van der Waals surface area contributed by atoms with Crippen LogP contribution in [0.2, 0.25) is 0 Å². The van der Waals surface area contributed by atoms with Crippen molar-refractivity contribution in [2.45, 2.75) is 13.0 Å². The highest BCUT2D eigenvalue weighted by atomic mass is 79.9. The molecular weight excluding hydrogens is 206 g/mol. The lowest BCUT2D eigenvalue weighted by atomic mass is 10.1. The molecule has 0 saturated heterocycles. The summed E-state index contributed by atoms with van der Waals surface area (Å²) in [5.74, 6) is 0. The molecule has 1 aromatic heterocycles. The summed E-state index contributed by atoms with van der Waals surface area (Å²) in [6.07, 6.45) is 1.20. The van der Waals surface area contributed by atoms with Crippen molar-refractivity contribution >= 4 is 15.9 Å². The molecule has 0 aliphatic rings. The predicted molar refractivity (Wildman–Crippen MR) is 47.7 cm³/mol. The van der Waals surface area contributed by atoms with Gasteiger partial charge in [0.2, 0.25) is 0 Å². The number of aliphatic hydroxyl groups excluding tert-OH is 1. The number of halogens is 1. The fourth-order valence-corrected chi connectivity index (χ4v) is 1.23. The topological polar surface area (TPSA) is 33.1 Å². The molecule has 60 valence electrons. The van der Waals surface area contributed by atoms with E-state index in [1.807, 2.05) is 19.1 Å². The standard InChI is InChI=1S/C8H10BrNO/c1-6-3-2-4-10-8(6)7(11)5-9/h2-4,7,11H,5H2,1H3. The van der Waals surface area contributed by atoms with Crippen LogP contribution < -0.4 is 0 Å². The molecule has 1 heterocycles. The SMILES string of the molecule is Cc1cccnc1C(O)CBr. The second-order valence-corrected chi connectivity index (χ2v) is 3.02. The summed E-state index contributed by atoms with van der Waals surface area (Å²) in [5.41, 5.74) is 1.78. The minimum absolute atomic E-state index is 0.490. The summed E-state index contributed by atoms with van der Waals surface area (Å²) in [5, 5.41) is 9.93. The Morgan fingerprint density at radius 3 is 3.00 bits per heavy atom. The average Bonchev–Trinajstić information content (AvgIpc) is 2.04. The zero-order chi connectivity index (χ0) is 8.27. The molecule has 0 radical (unpaired) electrons. The number of pyridine rings is 1. The van der Waals surface area contributed by atoms with Crippen molar-refractivity contribution < 1.29 is 5.11 Å². The molecule has 0 spiro atoms. The van der Waals surface area contributed by atoms with E-state index in [0.29, 0.717) is 5.33 Å². The highest BCUT2D eigenvalue weighted by molar-refractivity contribution is 9.09. The number of aromatic nitrogens is 1. The molecule has 1 N–H and O–H groups in total. The predicted octanol–water partition coefficient (Wildman–Crippen LogP) is 1.82. The Morgan fingerprint density at radius 1 is 1.73 bits per heavy atom. The zero-order valence-corrected chi connectivity index (χ0v) is 7.87. The molecule has 0 amide bonds. The van der Waals surface area contributed by atoms with Crippen LogP contribution in [0.3, 0.4) is 0 Å². The number of rotatable bonds is 2. The average molecular weight is 216 g/mol. The van der Waals surface area contributed by atoms with Gasteiger partial charge in [-0.3, -0.25) is 4.98 Å². The maximum atomic E-state index is 9.40. The lowest BCUT2D eigenvalue weighted by molar-refractivity contribution is 0.199. The molecule has 11 heavy (non-hydrogen) atoms. The number of hydrogen-bond donors (Lipinski definition) is 1. The van der Waals surface area contributed by atoms with Gasteiger partial charge in [0.1, 0.15) is 6.10 Å². The number of hydrogen-bond acceptors (Lipinski definition) is 2. The van der Waals surface area contributed by atoms with E-state index < -0.39 is 6.10 Å². The van der Waals surface area contributed by atoms with Crippen LogP contribution in [0.4, 0.5) is 0 Å². The van der Waals surface area contributed by atoms with Crippen molar-refractivity contribution in [3.05, 3.63) is 29.6 Å². The van der Waals surface area contributed by atoms with Gasteiger partial charge in [-0.2, -0.15) is 0 Å². The smallest absolute Gasteiger partial charge is 0.106 e. The monoisotopic (exact) mass is 215 g/mol. The van der Waals surface area contributed by atoms with Crippen molar-refractivity contribution in [1.29, 1.82) is 0 Å². The van der Waals surface area contributed by atoms with Crippen LogP contribution in [0.5, 0.6) is 0 Å². The van der Waals surface area contributed by atoms with E-state index in [1.165, 1.54) is 0 Å². The molecule has 1 rings (SSSR count). The molecular formula is C8H10BrNO. The lowest BCUT2D eigenvalue weighted by Crippen LogP contribution is -2.03. The first kappa shape index (κ1) is 8.68. The van der Waals surface area contributed by atoms with E-state index in [0.717, 1.165) is 11.3 Å². The second-order valence-electron chi connectivity index (χ2n) is 2.38. The fraction of sp³-hybridized carbons (Fsp3) is 0.375. The largest absolute Gasteiger partial charge is 0.386 e. The maximum absolute atomic E-state index is 9.40. The van der Waals surface area contributed by atoms with E-state index >= 15 is 0 Å². The normalized spacial score (nSPS) is 13.0. The highest BCUT2D eigenvalue weighted by Crippen LogP contribution is 2.15. The van der Waals surface area contributed by atoms with Gasteiger partial charge in [-0.1, -0.05) is 22.0 Å². The Balaban J connectivity index is 2.93. The third-order valence-corrected chi connectivity index (χ3v) is 2.13. The zero-order valence-electron chi connectivity index (χ0n) is 6.29. The molecule has 0 fully saturated rings. The number of alkyl halides is 1. The minimum Gasteiger partial charge on any atom is -0.386 e. The minimum atomic E-state index is -0.490. The van der Waals surface area contributed by atoms with Crippen molar-refractivity contribution in [3.8, 4) is 0 Å². The highest BCUT2D eigenvalue weighted by Gasteiger charge is 2.08. The van der Waals surface area contributed by atoms with E-state index in [-0.39, 0.29) is 0 Å². The first-order chi connectivity index (χ1) is 5.25. The van der Waals surface area contributed by atoms with Gasteiger partial charge in [-0.25, -0.2) is 0 Å². The van der Waals surface area contributed by atoms with Gasteiger partial charge >= 0.3 is 0 Å². The Kier molecular flexibility index (Phi) is 3.02. The molecule has 1 atom stereocenters. The summed E-state index contributed by atoms with van der Waals surface area (Å²) < 4.78 is 0. The molecule has 0 aliphatic carbocycles. The van der Waals surface area contributed by atoms with Crippen LogP contribution in [-0.2, 0) is 0 Å². The van der Waals surface area contributed by atoms with E-state index in [1.54, 1.807) is 6.20 Å². The van der Waals surface area contributed by atoms with Crippen LogP contribution in [-0.4, -0.2) is 15.4 Å². The number of nitrogens with zero attached hydrogens (tertiary/aromatic N) is 1. The molecule has 3 heteroatoms. The summed E-state index contributed by atoms with van der Waals surface area (Å²) >= 11 is 3.20. The van der Waals surface area contributed by atoms with Crippen LogP contribution in [0.1, 0.15) is 17.4 Å². The van der Waals surface area contributed by atoms with Gasteiger partial charge in [0.25, 0.3) is 0 Å². The lowest BCUT2D eigenvalue weighted by Gasteiger charge is -2.07. The summed E-state index contributed by atoms with van der Waals surface area (Å²) in [6.45, 7) is 1.94. The maximum Gasteiger partial charge on any atom is 0.106 e. The van der Waals surface area contributed by atoms with Crippen LogP contribution in [0, 0.1) is 6.92 Å². The van der Waals surface area contributed by atoms with E-state index in [2.05, 4.69) is 20.9 Å². The molecule has 0 saturated carbocycles. The van der Waals surface area contributed by atoms with E-state index in [9.17, 15) is 5.11 Å². The van der Waals surface area contributed by atoms with Crippen LogP contribution in [0.15, 0.2) is 18.3 Å². The van der Waals surface area contributed by atoms with Crippen LogP contribution in [0.25, 0.3) is 0 Å². The number of aliphatic hydroxyl groups is 1. The molecule has 0 aliphatic heterocycles. The van der Waals surface area contributed by atoms with Crippen molar-refractivity contribution in [1.82, 2.24) is 4.98 Å². The Labute approximate surface area is 74.4 Å². The molecule has 0 aromatic carbocycles. The van der Waals surface area contributed by atoms with Gasteiger partial charge in [0.15, 0.2) is 0 Å². The second kappa shape index (κ2) is 3.83. The van der Waals surface area contributed by atoms with Gasteiger partial charge in [0, 0.05) is 11.5 Å². The summed E-state index contributed by atoms with van der Waals surface area (Å²) in [6, 6.07) is 3.80. The summed E-state index contributed by atoms with van der Waals surface area (Å²) in [7, 11) is 0. The van der Waals surface area contributed by atoms with E-state index in [4.69, 9.17) is 0 Å². The van der Waals surface area contributed by atoms with Crippen molar-refractivity contribution in [2.24, 2.45) is 0 Å². The summed E-state index contributed by atoms with van der Waals surface area (Å²) in [4.78, 5) is 4.07. The first-order valence-corrected chi connectivity index (χ1v) is 4.53. The molecule has 1 unspecified atom stereocenters. The van der Waals surface area contributed by atoms with Gasteiger partial charge in [0.05, 0.1) is 5.69 Å².